The van der Waals surface area contributed by atoms with Gasteiger partial charge in [0.05, 0.1) is 0 Å². The van der Waals surface area contributed by atoms with E-state index in [1.54, 1.807) is 4.90 Å². The predicted octanol–water partition coefficient (Wildman–Crippen LogP) is 2.58. The number of halogens is 1. The van der Waals surface area contributed by atoms with Gasteiger partial charge in [-0.3, -0.25) is 9.59 Å². The van der Waals surface area contributed by atoms with E-state index < -0.39 is 11.8 Å². The summed E-state index contributed by atoms with van der Waals surface area (Å²) in [7, 11) is 0. The highest BCUT2D eigenvalue weighted by Crippen LogP contribution is 2.18. The van der Waals surface area contributed by atoms with Crippen LogP contribution < -0.4 is 5.32 Å². The Kier molecular flexibility index (Phi) is 5.16. The molecule has 0 bridgehead atoms. The first kappa shape index (κ1) is 16.5. The van der Waals surface area contributed by atoms with E-state index >= 15 is 0 Å². The molecular weight excluding hydrogens is 324 g/mol. The fraction of sp³-hybridized carbons (Fsp3) is 0.263. The summed E-state index contributed by atoms with van der Waals surface area (Å²) in [6, 6.07) is 15.5. The van der Waals surface area contributed by atoms with E-state index in [0.29, 0.717) is 31.1 Å². The molecule has 5 heteroatoms. The first-order chi connectivity index (χ1) is 11.6. The lowest BCUT2D eigenvalue weighted by Crippen LogP contribution is -2.45. The van der Waals surface area contributed by atoms with Gasteiger partial charge in [-0.25, -0.2) is 0 Å². The van der Waals surface area contributed by atoms with Gasteiger partial charge in [0.15, 0.2) is 0 Å². The minimum atomic E-state index is -0.539. The maximum Gasteiger partial charge on any atom is 0.312 e. The third-order valence-corrected chi connectivity index (χ3v) is 4.48. The third-order valence-electron chi connectivity index (χ3n) is 4.22. The van der Waals surface area contributed by atoms with Crippen LogP contribution in [0.1, 0.15) is 16.7 Å². The lowest BCUT2D eigenvalue weighted by Gasteiger charge is -2.28. The monoisotopic (exact) mass is 342 g/mol. The van der Waals surface area contributed by atoms with Crippen LogP contribution in [-0.2, 0) is 29.0 Å². The highest BCUT2D eigenvalue weighted by Gasteiger charge is 2.25. The second-order valence-electron chi connectivity index (χ2n) is 5.88. The van der Waals surface area contributed by atoms with E-state index in [-0.39, 0.29) is 0 Å². The standard InChI is InChI=1S/C19H19ClN2O2/c20-17-7-5-14(6-8-17)9-11-21-18(23)19(24)22-12-10-15-3-1-2-4-16(15)13-22/h1-8H,9-13H2,(H,21,23). The summed E-state index contributed by atoms with van der Waals surface area (Å²) in [6.07, 6.45) is 1.46. The minimum absolute atomic E-state index is 0.427. The number of hydrogen-bond acceptors (Lipinski definition) is 2. The summed E-state index contributed by atoms with van der Waals surface area (Å²) >= 11 is 5.84. The van der Waals surface area contributed by atoms with E-state index in [4.69, 9.17) is 11.6 Å². The lowest BCUT2D eigenvalue weighted by atomic mass is 10.00. The topological polar surface area (TPSA) is 49.4 Å². The number of hydrogen-bond donors (Lipinski definition) is 1. The Balaban J connectivity index is 1.50. The molecule has 2 amide bonds. The van der Waals surface area contributed by atoms with Crippen LogP contribution in [0.5, 0.6) is 0 Å². The Bertz CT molecular complexity index is 743. The molecule has 0 spiro atoms. The van der Waals surface area contributed by atoms with E-state index in [1.807, 2.05) is 42.5 Å². The highest BCUT2D eigenvalue weighted by atomic mass is 35.5. The molecule has 24 heavy (non-hydrogen) atoms. The molecule has 1 aliphatic rings. The Morgan fingerprint density at radius 2 is 1.75 bits per heavy atom. The molecule has 1 heterocycles. The Morgan fingerprint density at radius 1 is 1.04 bits per heavy atom. The second-order valence-corrected chi connectivity index (χ2v) is 6.31. The van der Waals surface area contributed by atoms with Gasteiger partial charge in [-0.2, -0.15) is 0 Å². The van der Waals surface area contributed by atoms with Crippen molar-refractivity contribution < 1.29 is 9.59 Å². The molecule has 1 aliphatic heterocycles. The normalized spacial score (nSPS) is 13.3. The molecule has 0 aliphatic carbocycles. The molecule has 0 radical (unpaired) electrons. The number of carbonyl (C=O) groups is 2. The van der Waals surface area contributed by atoms with E-state index in [9.17, 15) is 9.59 Å². The van der Waals surface area contributed by atoms with Crippen molar-refractivity contribution in [3.05, 3.63) is 70.2 Å². The van der Waals surface area contributed by atoms with Gasteiger partial charge in [0.25, 0.3) is 0 Å². The first-order valence-electron chi connectivity index (χ1n) is 8.02. The van der Waals surface area contributed by atoms with Gasteiger partial charge in [-0.15, -0.1) is 0 Å². The number of fused-ring (bicyclic) bond motifs is 1. The van der Waals surface area contributed by atoms with Crippen LogP contribution in [0.15, 0.2) is 48.5 Å². The van der Waals surface area contributed by atoms with Gasteiger partial charge in [0.2, 0.25) is 0 Å². The first-order valence-corrected chi connectivity index (χ1v) is 8.39. The summed E-state index contributed by atoms with van der Waals surface area (Å²) in [5.41, 5.74) is 3.44. The van der Waals surface area contributed by atoms with Gasteiger partial charge in [0.1, 0.15) is 0 Å². The van der Waals surface area contributed by atoms with Crippen molar-refractivity contribution in [1.29, 1.82) is 0 Å². The summed E-state index contributed by atoms with van der Waals surface area (Å²) < 4.78 is 0. The lowest BCUT2D eigenvalue weighted by molar-refractivity contribution is -0.146. The predicted molar refractivity (Wildman–Crippen MR) is 93.7 cm³/mol. The van der Waals surface area contributed by atoms with E-state index in [0.717, 1.165) is 17.5 Å². The number of carbonyl (C=O) groups excluding carboxylic acids is 2. The molecule has 124 valence electrons. The van der Waals surface area contributed by atoms with Gasteiger partial charge in [-0.1, -0.05) is 48.0 Å². The van der Waals surface area contributed by atoms with Crippen LogP contribution >= 0.6 is 11.6 Å². The SMILES string of the molecule is O=C(NCCc1ccc(Cl)cc1)C(=O)N1CCc2ccccc2C1. The van der Waals surface area contributed by atoms with Crippen molar-refractivity contribution in [2.45, 2.75) is 19.4 Å². The molecule has 2 aromatic carbocycles. The molecule has 3 rings (SSSR count). The largest absolute Gasteiger partial charge is 0.347 e. The number of amides is 2. The van der Waals surface area contributed by atoms with Gasteiger partial charge >= 0.3 is 11.8 Å². The molecule has 1 N–H and O–H groups in total. The molecule has 4 nitrogen and oxygen atoms in total. The quantitative estimate of drug-likeness (QED) is 0.872. The van der Waals surface area contributed by atoms with Crippen LogP contribution in [0.3, 0.4) is 0 Å². The summed E-state index contributed by atoms with van der Waals surface area (Å²) in [6.45, 7) is 1.51. The number of benzene rings is 2. The van der Waals surface area contributed by atoms with E-state index in [1.165, 1.54) is 5.56 Å². The van der Waals surface area contributed by atoms with Crippen molar-refractivity contribution >= 4 is 23.4 Å². The zero-order valence-corrected chi connectivity index (χ0v) is 14.1. The van der Waals surface area contributed by atoms with Crippen LogP contribution in [-0.4, -0.2) is 29.8 Å². The summed E-state index contributed by atoms with van der Waals surface area (Å²) in [4.78, 5) is 26.0. The maximum absolute atomic E-state index is 12.3. The third kappa shape index (κ3) is 3.95. The van der Waals surface area contributed by atoms with Gasteiger partial charge in [0, 0.05) is 24.7 Å². The van der Waals surface area contributed by atoms with E-state index in [2.05, 4.69) is 11.4 Å². The van der Waals surface area contributed by atoms with Crippen molar-refractivity contribution in [1.82, 2.24) is 10.2 Å². The second kappa shape index (κ2) is 7.49. The summed E-state index contributed by atoms with van der Waals surface area (Å²) in [5, 5.41) is 3.39. The molecular formula is C19H19ClN2O2. The van der Waals surface area contributed by atoms with Gasteiger partial charge < -0.3 is 10.2 Å². The van der Waals surface area contributed by atoms with Crippen molar-refractivity contribution in [3.63, 3.8) is 0 Å². The Labute approximate surface area is 146 Å². The molecule has 0 saturated carbocycles. The van der Waals surface area contributed by atoms with Crippen LogP contribution in [0.25, 0.3) is 0 Å². The number of nitrogens with zero attached hydrogens (tertiary/aromatic N) is 1. The zero-order chi connectivity index (χ0) is 16.9. The maximum atomic E-state index is 12.3. The van der Waals surface area contributed by atoms with Crippen LogP contribution in [0.4, 0.5) is 0 Å². The zero-order valence-electron chi connectivity index (χ0n) is 13.3. The Hall–Kier alpha value is -2.33. The Morgan fingerprint density at radius 3 is 2.50 bits per heavy atom. The fourth-order valence-electron chi connectivity index (χ4n) is 2.86. The smallest absolute Gasteiger partial charge is 0.312 e. The van der Waals surface area contributed by atoms with Crippen LogP contribution in [0, 0.1) is 0 Å². The number of nitrogens with one attached hydrogen (secondary N) is 1. The van der Waals surface area contributed by atoms with Crippen molar-refractivity contribution in [2.75, 3.05) is 13.1 Å². The molecule has 0 atom stereocenters. The van der Waals surface area contributed by atoms with Crippen molar-refractivity contribution in [3.8, 4) is 0 Å². The minimum Gasteiger partial charge on any atom is -0.347 e. The fourth-order valence-corrected chi connectivity index (χ4v) is 2.99. The van der Waals surface area contributed by atoms with Gasteiger partial charge in [-0.05, 0) is 41.7 Å². The summed E-state index contributed by atoms with van der Waals surface area (Å²) in [5.74, 6) is -0.996. The highest BCUT2D eigenvalue weighted by molar-refractivity contribution is 6.35. The van der Waals surface area contributed by atoms with Crippen LogP contribution in [0.2, 0.25) is 5.02 Å². The molecule has 0 saturated heterocycles. The molecule has 0 aromatic heterocycles. The van der Waals surface area contributed by atoms with Crippen molar-refractivity contribution in [2.24, 2.45) is 0 Å². The average molecular weight is 343 g/mol. The number of rotatable bonds is 3. The molecule has 2 aromatic rings. The average Bonchev–Trinajstić information content (AvgIpc) is 2.62. The molecule has 0 unspecified atom stereocenters. The molecule has 0 fully saturated rings.